The normalized spacial score (nSPS) is 18.0. The summed E-state index contributed by atoms with van der Waals surface area (Å²) in [6.07, 6.45) is -1.47. The second kappa shape index (κ2) is 9.93. The van der Waals surface area contributed by atoms with Crippen molar-refractivity contribution in [1.29, 1.82) is 0 Å². The van der Waals surface area contributed by atoms with Crippen molar-refractivity contribution in [1.82, 2.24) is 24.4 Å². The Morgan fingerprint density at radius 2 is 1.77 bits per heavy atom. The van der Waals surface area contributed by atoms with E-state index in [9.17, 15) is 17.2 Å². The molecule has 0 amide bonds. The molecule has 2 saturated heterocycles. The molecule has 2 fully saturated rings. The summed E-state index contributed by atoms with van der Waals surface area (Å²) in [6, 6.07) is 12.4. The SMILES string of the molecule is O=S(=O)(N1CCN(C2COC2)CC1)N(Cc1ccc(-c2nnc(C(F)F)o2)cn1)c1ccccc1. The van der Waals surface area contributed by atoms with Crippen LogP contribution in [-0.2, 0) is 21.5 Å². The molecular formula is C22H24F2N6O4S. The summed E-state index contributed by atoms with van der Waals surface area (Å²) in [5, 5.41) is 6.93. The number of aromatic nitrogens is 3. The number of nitrogens with zero attached hydrogens (tertiary/aromatic N) is 6. The van der Waals surface area contributed by atoms with Crippen LogP contribution < -0.4 is 4.31 Å². The third kappa shape index (κ3) is 5.03. The summed E-state index contributed by atoms with van der Waals surface area (Å²) in [5.74, 6) is -0.850. The fraction of sp³-hybridized carbons (Fsp3) is 0.409. The van der Waals surface area contributed by atoms with Gasteiger partial charge in [-0.2, -0.15) is 21.5 Å². The molecule has 0 saturated carbocycles. The van der Waals surface area contributed by atoms with Crippen molar-refractivity contribution in [2.45, 2.75) is 19.0 Å². The van der Waals surface area contributed by atoms with Crippen LogP contribution in [0.25, 0.3) is 11.5 Å². The van der Waals surface area contributed by atoms with E-state index in [-0.39, 0.29) is 12.4 Å². The van der Waals surface area contributed by atoms with Gasteiger partial charge in [0.2, 0.25) is 5.89 Å². The van der Waals surface area contributed by atoms with Crippen LogP contribution in [0.2, 0.25) is 0 Å². The molecule has 0 N–H and O–H groups in total. The van der Waals surface area contributed by atoms with Gasteiger partial charge in [-0.1, -0.05) is 18.2 Å². The Balaban J connectivity index is 1.34. The maximum Gasteiger partial charge on any atom is 0.314 e. The fourth-order valence-corrected chi connectivity index (χ4v) is 5.59. The van der Waals surface area contributed by atoms with Crippen molar-refractivity contribution in [3.8, 4) is 11.5 Å². The first-order chi connectivity index (χ1) is 16.9. The lowest BCUT2D eigenvalue weighted by Crippen LogP contribution is -2.59. The van der Waals surface area contributed by atoms with Gasteiger partial charge in [0.05, 0.1) is 42.7 Å². The average Bonchev–Trinajstić information content (AvgIpc) is 3.34. The molecule has 0 bridgehead atoms. The highest BCUT2D eigenvalue weighted by Gasteiger charge is 2.36. The molecular weight excluding hydrogens is 482 g/mol. The van der Waals surface area contributed by atoms with E-state index in [1.54, 1.807) is 36.4 Å². The average molecular weight is 507 g/mol. The maximum atomic E-state index is 13.7. The number of benzene rings is 1. The topological polar surface area (TPSA) is 105 Å². The second-order valence-electron chi connectivity index (χ2n) is 8.26. The van der Waals surface area contributed by atoms with Crippen molar-refractivity contribution in [2.75, 3.05) is 43.7 Å². The van der Waals surface area contributed by atoms with Gasteiger partial charge in [0, 0.05) is 32.4 Å². The number of hydrogen-bond acceptors (Lipinski definition) is 8. The Labute approximate surface area is 201 Å². The molecule has 5 rings (SSSR count). The number of alkyl halides is 2. The molecule has 35 heavy (non-hydrogen) atoms. The zero-order valence-corrected chi connectivity index (χ0v) is 19.5. The lowest BCUT2D eigenvalue weighted by atomic mass is 10.2. The van der Waals surface area contributed by atoms with Crippen molar-refractivity contribution in [3.63, 3.8) is 0 Å². The van der Waals surface area contributed by atoms with E-state index in [2.05, 4.69) is 20.1 Å². The molecule has 3 aromatic rings. The maximum absolute atomic E-state index is 13.7. The Kier molecular flexibility index (Phi) is 6.73. The molecule has 0 atom stereocenters. The predicted molar refractivity (Wildman–Crippen MR) is 122 cm³/mol. The molecule has 0 aliphatic carbocycles. The molecule has 2 aliphatic rings. The quantitative estimate of drug-likeness (QED) is 0.459. The summed E-state index contributed by atoms with van der Waals surface area (Å²) in [6.45, 7) is 3.45. The molecule has 0 unspecified atom stereocenters. The standard InChI is InChI=1S/C22H24F2N6O4S/c23-20(24)22-27-26-21(34-22)16-6-7-17(25-12-16)13-30(18-4-2-1-3-5-18)35(31,32)29-10-8-28(9-11-29)19-14-33-15-19/h1-7,12,19-20H,8-11,13-15H2. The highest BCUT2D eigenvalue weighted by atomic mass is 32.2. The third-order valence-corrected chi connectivity index (χ3v) is 7.98. The predicted octanol–water partition coefficient (Wildman–Crippen LogP) is 2.34. The molecule has 13 heteroatoms. The highest BCUT2D eigenvalue weighted by Crippen LogP contribution is 2.26. The Bertz CT molecular complexity index is 1230. The minimum absolute atomic E-state index is 0.00454. The van der Waals surface area contributed by atoms with Crippen LogP contribution in [0, 0.1) is 0 Å². The molecule has 10 nitrogen and oxygen atoms in total. The van der Waals surface area contributed by atoms with Gasteiger partial charge in [0.15, 0.2) is 0 Å². The molecule has 0 spiro atoms. The minimum atomic E-state index is -3.84. The molecule has 1 aromatic carbocycles. The van der Waals surface area contributed by atoms with Crippen LogP contribution in [0.5, 0.6) is 0 Å². The van der Waals surface area contributed by atoms with Crippen molar-refractivity contribution < 1.29 is 26.4 Å². The summed E-state index contributed by atoms with van der Waals surface area (Å²) in [7, 11) is -3.84. The Hall–Kier alpha value is -3.00. The van der Waals surface area contributed by atoms with E-state index in [4.69, 9.17) is 9.15 Å². The number of hydrogen-bond donors (Lipinski definition) is 0. The van der Waals surface area contributed by atoms with E-state index in [1.165, 1.54) is 14.8 Å². The van der Waals surface area contributed by atoms with Crippen molar-refractivity contribution >= 4 is 15.9 Å². The zero-order chi connectivity index (χ0) is 24.4. The number of piperazine rings is 1. The van der Waals surface area contributed by atoms with Gasteiger partial charge in [0.25, 0.3) is 5.89 Å². The van der Waals surface area contributed by atoms with E-state index < -0.39 is 22.5 Å². The number of ether oxygens (including phenoxy) is 1. The van der Waals surface area contributed by atoms with Crippen LogP contribution in [0.1, 0.15) is 18.0 Å². The van der Waals surface area contributed by atoms with Gasteiger partial charge >= 0.3 is 16.6 Å². The van der Waals surface area contributed by atoms with Crippen molar-refractivity contribution in [2.24, 2.45) is 0 Å². The largest absolute Gasteiger partial charge is 0.415 e. The van der Waals surface area contributed by atoms with Crippen molar-refractivity contribution in [3.05, 3.63) is 60.2 Å². The van der Waals surface area contributed by atoms with E-state index in [0.717, 1.165) is 0 Å². The first-order valence-corrected chi connectivity index (χ1v) is 12.5. The first-order valence-electron chi connectivity index (χ1n) is 11.1. The molecule has 2 aliphatic heterocycles. The van der Waals surface area contributed by atoms with E-state index in [0.29, 0.717) is 62.4 Å². The number of pyridine rings is 1. The van der Waals surface area contributed by atoms with Gasteiger partial charge in [-0.05, 0) is 24.3 Å². The van der Waals surface area contributed by atoms with Crippen LogP contribution in [0.15, 0.2) is 53.1 Å². The van der Waals surface area contributed by atoms with Gasteiger partial charge in [-0.25, -0.2) is 0 Å². The van der Waals surface area contributed by atoms with Crippen LogP contribution in [0.3, 0.4) is 0 Å². The number of para-hydroxylation sites is 1. The van der Waals surface area contributed by atoms with Crippen LogP contribution in [0.4, 0.5) is 14.5 Å². The lowest BCUT2D eigenvalue weighted by Gasteiger charge is -2.43. The Morgan fingerprint density at radius 3 is 2.34 bits per heavy atom. The monoisotopic (exact) mass is 506 g/mol. The minimum Gasteiger partial charge on any atom is -0.415 e. The lowest BCUT2D eigenvalue weighted by molar-refractivity contribution is -0.0721. The molecule has 186 valence electrons. The van der Waals surface area contributed by atoms with E-state index >= 15 is 0 Å². The van der Waals surface area contributed by atoms with Crippen LogP contribution >= 0.6 is 0 Å². The third-order valence-electron chi connectivity index (χ3n) is 6.06. The number of anilines is 1. The van der Waals surface area contributed by atoms with Gasteiger partial charge < -0.3 is 9.15 Å². The molecule has 0 radical (unpaired) electrons. The number of rotatable bonds is 8. The van der Waals surface area contributed by atoms with E-state index in [1.807, 2.05) is 6.07 Å². The zero-order valence-electron chi connectivity index (χ0n) is 18.7. The summed E-state index contributed by atoms with van der Waals surface area (Å²) < 4.78 is 65.9. The molecule has 4 heterocycles. The molecule has 2 aromatic heterocycles. The van der Waals surface area contributed by atoms with Gasteiger partial charge in [-0.15, -0.1) is 10.2 Å². The summed E-state index contributed by atoms with van der Waals surface area (Å²) in [5.41, 5.74) is 1.35. The number of halogens is 2. The smallest absolute Gasteiger partial charge is 0.314 e. The van der Waals surface area contributed by atoms with Gasteiger partial charge in [-0.3, -0.25) is 14.2 Å². The highest BCUT2D eigenvalue weighted by molar-refractivity contribution is 7.90. The fourth-order valence-electron chi connectivity index (χ4n) is 4.00. The Morgan fingerprint density at radius 1 is 1.03 bits per heavy atom. The summed E-state index contributed by atoms with van der Waals surface area (Å²) >= 11 is 0. The first kappa shape index (κ1) is 23.7. The van der Waals surface area contributed by atoms with Gasteiger partial charge in [0.1, 0.15) is 0 Å². The second-order valence-corrected chi connectivity index (χ2v) is 10.1. The summed E-state index contributed by atoms with van der Waals surface area (Å²) in [4.78, 5) is 6.59. The van der Waals surface area contributed by atoms with Crippen LogP contribution in [-0.4, -0.2) is 78.2 Å².